The van der Waals surface area contributed by atoms with Gasteiger partial charge in [0, 0.05) is 26.2 Å². The molecule has 3 amide bonds. The molecule has 0 aliphatic carbocycles. The Balaban J connectivity index is 1.47. The highest BCUT2D eigenvalue weighted by molar-refractivity contribution is 7.89. The summed E-state index contributed by atoms with van der Waals surface area (Å²) in [4.78, 5) is 25.9. The fourth-order valence-corrected chi connectivity index (χ4v) is 4.40. The van der Waals surface area contributed by atoms with Crippen LogP contribution in [0.25, 0.3) is 0 Å². The molecular weight excluding hydrogens is 399 g/mol. The second-order valence-corrected chi connectivity index (χ2v) is 8.41. The van der Waals surface area contributed by atoms with E-state index in [1.807, 2.05) is 0 Å². The summed E-state index contributed by atoms with van der Waals surface area (Å²) in [5.41, 5.74) is -0.0301. The Labute approximate surface area is 168 Å². The lowest BCUT2D eigenvalue weighted by Crippen LogP contribution is -2.51. The van der Waals surface area contributed by atoms with Crippen molar-refractivity contribution in [1.82, 2.24) is 14.5 Å². The summed E-state index contributed by atoms with van der Waals surface area (Å²) in [6.07, 6.45) is 0. The van der Waals surface area contributed by atoms with Crippen LogP contribution in [-0.2, 0) is 14.8 Å². The van der Waals surface area contributed by atoms with Crippen molar-refractivity contribution in [3.05, 3.63) is 60.4 Å². The van der Waals surface area contributed by atoms with Gasteiger partial charge in [-0.15, -0.1) is 0 Å². The maximum absolute atomic E-state index is 13.5. The minimum absolute atomic E-state index is 0.0301. The molecule has 1 saturated heterocycles. The van der Waals surface area contributed by atoms with Crippen LogP contribution in [0.5, 0.6) is 0 Å². The molecule has 1 heterocycles. The van der Waals surface area contributed by atoms with E-state index in [1.165, 1.54) is 22.5 Å². The Hall–Kier alpha value is -2.82. The van der Waals surface area contributed by atoms with Gasteiger partial charge in [-0.1, -0.05) is 30.3 Å². The molecule has 8 nitrogen and oxygen atoms in total. The molecule has 0 unspecified atom stereocenters. The minimum Gasteiger partial charge on any atom is -0.305 e. The fourth-order valence-electron chi connectivity index (χ4n) is 2.95. The smallest absolute Gasteiger partial charge is 0.305 e. The molecule has 154 valence electrons. The summed E-state index contributed by atoms with van der Waals surface area (Å²) < 4.78 is 40.1. The second kappa shape index (κ2) is 9.12. The van der Waals surface area contributed by atoms with E-state index in [2.05, 4.69) is 10.6 Å². The number of urea groups is 1. The summed E-state index contributed by atoms with van der Waals surface area (Å²) in [5, 5.41) is 4.41. The first kappa shape index (κ1) is 20.9. The number of piperazine rings is 1. The Morgan fingerprint density at radius 1 is 0.931 bits per heavy atom. The number of rotatable bonds is 5. The molecule has 0 atom stereocenters. The Morgan fingerprint density at radius 2 is 1.55 bits per heavy atom. The van der Waals surface area contributed by atoms with Crippen molar-refractivity contribution in [3.63, 3.8) is 0 Å². The van der Waals surface area contributed by atoms with Crippen molar-refractivity contribution < 1.29 is 22.4 Å². The van der Waals surface area contributed by atoms with Gasteiger partial charge in [-0.25, -0.2) is 17.6 Å². The molecule has 2 N–H and O–H groups in total. The van der Waals surface area contributed by atoms with E-state index < -0.39 is 27.8 Å². The first-order chi connectivity index (χ1) is 13.9. The van der Waals surface area contributed by atoms with E-state index in [1.54, 1.807) is 41.3 Å². The number of hydrogen-bond donors (Lipinski definition) is 2. The van der Waals surface area contributed by atoms with Gasteiger partial charge in [0.2, 0.25) is 15.9 Å². The van der Waals surface area contributed by atoms with Gasteiger partial charge in [0.15, 0.2) is 0 Å². The monoisotopic (exact) mass is 420 g/mol. The van der Waals surface area contributed by atoms with Crippen molar-refractivity contribution in [3.8, 4) is 0 Å². The fraction of sp³-hybridized carbons (Fsp3) is 0.263. The van der Waals surface area contributed by atoms with E-state index >= 15 is 0 Å². The lowest BCUT2D eigenvalue weighted by molar-refractivity contribution is -0.121. The number of carbonyl (C=O) groups excluding carboxylic acids is 2. The standard InChI is InChI=1S/C19H21FN4O4S/c20-16-8-4-5-9-17(16)21-19(26)22-18(25)14-23-10-12-24(13-11-23)29(27,28)15-6-2-1-3-7-15/h1-9H,10-14H2,(H2,21,22,25,26). The minimum atomic E-state index is -3.57. The number of anilines is 1. The predicted octanol–water partition coefficient (Wildman–Crippen LogP) is 1.48. The quantitative estimate of drug-likeness (QED) is 0.764. The van der Waals surface area contributed by atoms with Gasteiger partial charge in [0.05, 0.1) is 17.1 Å². The summed E-state index contributed by atoms with van der Waals surface area (Å²) in [5.74, 6) is -1.16. The highest BCUT2D eigenvalue weighted by Crippen LogP contribution is 2.17. The van der Waals surface area contributed by atoms with Gasteiger partial charge >= 0.3 is 6.03 Å². The van der Waals surface area contributed by atoms with Gasteiger partial charge in [-0.2, -0.15) is 4.31 Å². The molecule has 0 bridgehead atoms. The van der Waals surface area contributed by atoms with Crippen molar-refractivity contribution in [2.75, 3.05) is 38.0 Å². The van der Waals surface area contributed by atoms with Crippen LogP contribution >= 0.6 is 0 Å². The molecule has 29 heavy (non-hydrogen) atoms. The lowest BCUT2D eigenvalue weighted by atomic mass is 10.3. The van der Waals surface area contributed by atoms with Crippen LogP contribution in [0.4, 0.5) is 14.9 Å². The average Bonchev–Trinajstić information content (AvgIpc) is 2.70. The van der Waals surface area contributed by atoms with Gasteiger partial charge in [-0.3, -0.25) is 15.0 Å². The van der Waals surface area contributed by atoms with Gasteiger partial charge in [0.25, 0.3) is 0 Å². The Morgan fingerprint density at radius 3 is 2.21 bits per heavy atom. The first-order valence-electron chi connectivity index (χ1n) is 8.99. The topological polar surface area (TPSA) is 98.8 Å². The summed E-state index contributed by atoms with van der Waals surface area (Å²) >= 11 is 0. The zero-order chi connectivity index (χ0) is 20.9. The van der Waals surface area contributed by atoms with E-state index in [9.17, 15) is 22.4 Å². The molecule has 1 fully saturated rings. The van der Waals surface area contributed by atoms with Crippen molar-refractivity contribution in [2.24, 2.45) is 0 Å². The molecule has 10 heteroatoms. The lowest BCUT2D eigenvalue weighted by Gasteiger charge is -2.33. The van der Waals surface area contributed by atoms with E-state index in [4.69, 9.17) is 0 Å². The van der Waals surface area contributed by atoms with Gasteiger partial charge < -0.3 is 5.32 Å². The highest BCUT2D eigenvalue weighted by atomic mass is 32.2. The third-order valence-electron chi connectivity index (χ3n) is 4.45. The number of amides is 3. The zero-order valence-corrected chi connectivity index (χ0v) is 16.4. The molecule has 0 saturated carbocycles. The number of halogens is 1. The number of carbonyl (C=O) groups is 2. The van der Waals surface area contributed by atoms with Crippen LogP contribution in [0.3, 0.4) is 0 Å². The number of nitrogens with one attached hydrogen (secondary N) is 2. The molecule has 1 aliphatic heterocycles. The number of para-hydroxylation sites is 1. The molecule has 2 aromatic rings. The molecule has 0 spiro atoms. The van der Waals surface area contributed by atoms with E-state index in [0.717, 1.165) is 0 Å². The largest absolute Gasteiger partial charge is 0.326 e. The van der Waals surface area contributed by atoms with E-state index in [-0.39, 0.29) is 30.2 Å². The van der Waals surface area contributed by atoms with Gasteiger partial charge in [0.1, 0.15) is 5.82 Å². The SMILES string of the molecule is O=C(CN1CCN(S(=O)(=O)c2ccccc2)CC1)NC(=O)Nc1ccccc1F. The third kappa shape index (κ3) is 5.37. The number of nitrogens with zero attached hydrogens (tertiary/aromatic N) is 2. The molecule has 2 aromatic carbocycles. The normalized spacial score (nSPS) is 15.6. The Bertz CT molecular complexity index is 977. The van der Waals surface area contributed by atoms with Crippen LogP contribution in [0.1, 0.15) is 0 Å². The molecular formula is C19H21FN4O4S. The number of sulfonamides is 1. The molecule has 0 aromatic heterocycles. The second-order valence-electron chi connectivity index (χ2n) is 6.48. The van der Waals surface area contributed by atoms with Crippen molar-refractivity contribution in [2.45, 2.75) is 4.90 Å². The molecule has 0 radical (unpaired) electrons. The van der Waals surface area contributed by atoms with Crippen LogP contribution < -0.4 is 10.6 Å². The molecule has 3 rings (SSSR count). The number of imide groups is 1. The third-order valence-corrected chi connectivity index (χ3v) is 6.37. The average molecular weight is 420 g/mol. The summed E-state index contributed by atoms with van der Waals surface area (Å²) in [6, 6.07) is 13.0. The van der Waals surface area contributed by atoms with Crippen LogP contribution in [-0.4, -0.2) is 62.3 Å². The summed E-state index contributed by atoms with van der Waals surface area (Å²) in [7, 11) is -3.57. The molecule has 1 aliphatic rings. The number of benzene rings is 2. The first-order valence-corrected chi connectivity index (χ1v) is 10.4. The predicted molar refractivity (Wildman–Crippen MR) is 105 cm³/mol. The Kier molecular flexibility index (Phi) is 6.57. The maximum Gasteiger partial charge on any atom is 0.326 e. The van der Waals surface area contributed by atoms with Crippen LogP contribution in [0.15, 0.2) is 59.5 Å². The maximum atomic E-state index is 13.5. The van der Waals surface area contributed by atoms with Gasteiger partial charge in [-0.05, 0) is 24.3 Å². The van der Waals surface area contributed by atoms with Crippen LogP contribution in [0.2, 0.25) is 0 Å². The van der Waals surface area contributed by atoms with Crippen molar-refractivity contribution >= 4 is 27.6 Å². The summed E-state index contributed by atoms with van der Waals surface area (Å²) in [6.45, 7) is 1.13. The zero-order valence-electron chi connectivity index (χ0n) is 15.5. The number of hydrogen-bond acceptors (Lipinski definition) is 5. The highest BCUT2D eigenvalue weighted by Gasteiger charge is 2.29. The van der Waals surface area contributed by atoms with E-state index in [0.29, 0.717) is 13.1 Å². The van der Waals surface area contributed by atoms with Crippen molar-refractivity contribution in [1.29, 1.82) is 0 Å². The van der Waals surface area contributed by atoms with Crippen LogP contribution in [0, 0.1) is 5.82 Å².